The van der Waals surface area contributed by atoms with Crippen LogP contribution in [0.1, 0.15) is 37.0 Å². The quantitative estimate of drug-likeness (QED) is 0.770. The van der Waals surface area contributed by atoms with Crippen LogP contribution in [0.2, 0.25) is 5.15 Å². The lowest BCUT2D eigenvalue weighted by molar-refractivity contribution is 0.759. The van der Waals surface area contributed by atoms with E-state index in [0.717, 1.165) is 23.0 Å². The summed E-state index contributed by atoms with van der Waals surface area (Å²) in [5, 5.41) is 0.462. The molecule has 0 aliphatic heterocycles. The van der Waals surface area contributed by atoms with Gasteiger partial charge in [-0.1, -0.05) is 25.4 Å². The van der Waals surface area contributed by atoms with E-state index in [-0.39, 0.29) is 5.92 Å². The molecule has 0 aliphatic rings. The molecule has 17 heavy (non-hydrogen) atoms. The third-order valence-corrected chi connectivity index (χ3v) is 2.91. The topological polar surface area (TPSA) is 43.6 Å². The van der Waals surface area contributed by atoms with E-state index in [0.29, 0.717) is 5.15 Å². The van der Waals surface area contributed by atoms with Crippen molar-refractivity contribution >= 4 is 11.6 Å². The van der Waals surface area contributed by atoms with Gasteiger partial charge in [0.15, 0.2) is 0 Å². The Bertz CT molecular complexity index is 545. The second-order valence-corrected chi connectivity index (χ2v) is 4.73. The molecule has 0 radical (unpaired) electrons. The second-order valence-electron chi connectivity index (χ2n) is 4.35. The molecular formula is C12H15ClN4. The van der Waals surface area contributed by atoms with Gasteiger partial charge >= 0.3 is 0 Å². The fourth-order valence-corrected chi connectivity index (χ4v) is 1.72. The minimum atomic E-state index is 0.248. The summed E-state index contributed by atoms with van der Waals surface area (Å²) in [5.74, 6) is 1.77. The molecule has 5 heteroatoms. The van der Waals surface area contributed by atoms with Gasteiger partial charge in [-0.25, -0.2) is 15.0 Å². The maximum absolute atomic E-state index is 6.02. The van der Waals surface area contributed by atoms with Gasteiger partial charge in [0.1, 0.15) is 23.1 Å². The summed E-state index contributed by atoms with van der Waals surface area (Å²) in [6, 6.07) is 1.75. The Balaban J connectivity index is 2.56. The number of aromatic nitrogens is 4. The lowest BCUT2D eigenvalue weighted by Crippen LogP contribution is -2.05. The fourth-order valence-electron chi connectivity index (χ4n) is 1.53. The third-order valence-electron chi connectivity index (χ3n) is 2.71. The van der Waals surface area contributed by atoms with Crippen LogP contribution in [-0.4, -0.2) is 19.5 Å². The van der Waals surface area contributed by atoms with E-state index in [2.05, 4.69) is 15.0 Å². The molecule has 0 saturated heterocycles. The first-order chi connectivity index (χ1) is 7.99. The first-order valence-electron chi connectivity index (χ1n) is 5.54. The molecule has 0 unspecified atom stereocenters. The van der Waals surface area contributed by atoms with Crippen LogP contribution >= 0.6 is 11.6 Å². The van der Waals surface area contributed by atoms with E-state index in [9.17, 15) is 0 Å². The molecule has 2 rings (SSSR count). The summed E-state index contributed by atoms with van der Waals surface area (Å²) in [7, 11) is 0. The standard InChI is InChI=1S/C12H15ClN4/c1-7(2)12-15-10(13)5-11(16-12)17-6-14-8(3)9(17)4/h5-7H,1-4H3. The van der Waals surface area contributed by atoms with Crippen molar-refractivity contribution in [2.45, 2.75) is 33.6 Å². The predicted molar refractivity (Wildman–Crippen MR) is 67.7 cm³/mol. The van der Waals surface area contributed by atoms with Gasteiger partial charge in [-0.15, -0.1) is 0 Å². The van der Waals surface area contributed by atoms with Crippen LogP contribution in [0.15, 0.2) is 12.4 Å². The summed E-state index contributed by atoms with van der Waals surface area (Å²) < 4.78 is 1.93. The zero-order chi connectivity index (χ0) is 12.6. The molecule has 2 aromatic heterocycles. The van der Waals surface area contributed by atoms with E-state index in [1.54, 1.807) is 12.4 Å². The molecule has 0 spiro atoms. The fraction of sp³-hybridized carbons (Fsp3) is 0.417. The zero-order valence-electron chi connectivity index (χ0n) is 10.4. The van der Waals surface area contributed by atoms with Gasteiger partial charge in [-0.05, 0) is 13.8 Å². The Labute approximate surface area is 106 Å². The number of imidazole rings is 1. The van der Waals surface area contributed by atoms with Gasteiger partial charge in [-0.2, -0.15) is 0 Å². The Morgan fingerprint density at radius 2 is 1.94 bits per heavy atom. The molecular weight excluding hydrogens is 236 g/mol. The van der Waals surface area contributed by atoms with Crippen molar-refractivity contribution in [2.75, 3.05) is 0 Å². The van der Waals surface area contributed by atoms with Crippen molar-refractivity contribution < 1.29 is 0 Å². The number of halogens is 1. The molecule has 2 heterocycles. The zero-order valence-corrected chi connectivity index (χ0v) is 11.2. The van der Waals surface area contributed by atoms with E-state index in [1.807, 2.05) is 32.3 Å². The van der Waals surface area contributed by atoms with Gasteiger partial charge in [-0.3, -0.25) is 4.57 Å². The second kappa shape index (κ2) is 4.45. The third kappa shape index (κ3) is 2.31. The highest BCUT2D eigenvalue weighted by Crippen LogP contribution is 2.18. The highest BCUT2D eigenvalue weighted by Gasteiger charge is 2.10. The summed E-state index contributed by atoms with van der Waals surface area (Å²) in [6.45, 7) is 8.06. The van der Waals surface area contributed by atoms with Crippen LogP contribution in [0.3, 0.4) is 0 Å². The Hall–Kier alpha value is -1.42. The lowest BCUT2D eigenvalue weighted by atomic mass is 10.2. The maximum atomic E-state index is 6.02. The van der Waals surface area contributed by atoms with Crippen LogP contribution < -0.4 is 0 Å². The monoisotopic (exact) mass is 250 g/mol. The van der Waals surface area contributed by atoms with Crippen molar-refractivity contribution in [1.82, 2.24) is 19.5 Å². The molecule has 2 aromatic rings. The summed E-state index contributed by atoms with van der Waals surface area (Å²) in [5.41, 5.74) is 2.06. The number of nitrogens with zero attached hydrogens (tertiary/aromatic N) is 4. The largest absolute Gasteiger partial charge is 0.287 e. The van der Waals surface area contributed by atoms with Crippen LogP contribution in [0.4, 0.5) is 0 Å². The van der Waals surface area contributed by atoms with Gasteiger partial charge in [0, 0.05) is 17.7 Å². The van der Waals surface area contributed by atoms with Gasteiger partial charge in [0.05, 0.1) is 5.69 Å². The minimum Gasteiger partial charge on any atom is -0.287 e. The Morgan fingerprint density at radius 1 is 1.24 bits per heavy atom. The summed E-state index contributed by atoms with van der Waals surface area (Å²) in [4.78, 5) is 13.0. The number of hydrogen-bond acceptors (Lipinski definition) is 3. The highest BCUT2D eigenvalue weighted by molar-refractivity contribution is 6.29. The normalized spacial score (nSPS) is 11.2. The van der Waals surface area contributed by atoms with Crippen LogP contribution in [0, 0.1) is 13.8 Å². The summed E-state index contributed by atoms with van der Waals surface area (Å²) >= 11 is 6.02. The average Bonchev–Trinajstić information content (AvgIpc) is 2.59. The SMILES string of the molecule is Cc1ncn(-c2cc(Cl)nc(C(C)C)n2)c1C. The van der Waals surface area contributed by atoms with E-state index < -0.39 is 0 Å². The first-order valence-corrected chi connectivity index (χ1v) is 5.92. The Kier molecular flexibility index (Phi) is 3.15. The molecule has 0 aromatic carbocycles. The van der Waals surface area contributed by atoms with E-state index >= 15 is 0 Å². The van der Waals surface area contributed by atoms with Crippen LogP contribution in [0.5, 0.6) is 0 Å². The molecule has 0 saturated carbocycles. The number of hydrogen-bond donors (Lipinski definition) is 0. The summed E-state index contributed by atoms with van der Waals surface area (Å²) in [6.07, 6.45) is 1.76. The van der Waals surface area contributed by atoms with Crippen LogP contribution in [-0.2, 0) is 0 Å². The molecule has 90 valence electrons. The predicted octanol–water partition coefficient (Wildman–Crippen LogP) is 3.06. The molecule has 0 bridgehead atoms. The molecule has 0 aliphatic carbocycles. The number of rotatable bonds is 2. The van der Waals surface area contributed by atoms with Crippen LogP contribution in [0.25, 0.3) is 5.82 Å². The Morgan fingerprint density at radius 3 is 2.47 bits per heavy atom. The van der Waals surface area contributed by atoms with Gasteiger partial charge in [0.25, 0.3) is 0 Å². The molecule has 0 amide bonds. The average molecular weight is 251 g/mol. The van der Waals surface area contributed by atoms with Crippen molar-refractivity contribution in [3.63, 3.8) is 0 Å². The minimum absolute atomic E-state index is 0.248. The first kappa shape index (κ1) is 12.0. The lowest BCUT2D eigenvalue weighted by Gasteiger charge is -2.09. The van der Waals surface area contributed by atoms with E-state index in [1.165, 1.54) is 0 Å². The van der Waals surface area contributed by atoms with Crippen molar-refractivity contribution in [3.05, 3.63) is 34.8 Å². The smallest absolute Gasteiger partial charge is 0.143 e. The molecule has 0 N–H and O–H groups in total. The van der Waals surface area contributed by atoms with Gasteiger partial charge in [0.2, 0.25) is 0 Å². The molecule has 4 nitrogen and oxygen atoms in total. The van der Waals surface area contributed by atoms with Crippen molar-refractivity contribution in [2.24, 2.45) is 0 Å². The van der Waals surface area contributed by atoms with Crippen molar-refractivity contribution in [3.8, 4) is 5.82 Å². The highest BCUT2D eigenvalue weighted by atomic mass is 35.5. The molecule has 0 atom stereocenters. The number of aryl methyl sites for hydroxylation is 1. The van der Waals surface area contributed by atoms with Gasteiger partial charge < -0.3 is 0 Å². The van der Waals surface area contributed by atoms with E-state index in [4.69, 9.17) is 11.6 Å². The molecule has 0 fully saturated rings. The maximum Gasteiger partial charge on any atom is 0.143 e. The van der Waals surface area contributed by atoms with Crippen molar-refractivity contribution in [1.29, 1.82) is 0 Å².